The zero-order valence-electron chi connectivity index (χ0n) is 12.9. The summed E-state index contributed by atoms with van der Waals surface area (Å²) >= 11 is 1.89. The van der Waals surface area contributed by atoms with Crippen LogP contribution in [0.2, 0.25) is 0 Å². The van der Waals surface area contributed by atoms with Gasteiger partial charge in [0.2, 0.25) is 0 Å². The largest absolute Gasteiger partial charge is 0.373 e. The average molecular weight is 282 g/mol. The van der Waals surface area contributed by atoms with Gasteiger partial charge in [0.1, 0.15) is 18.0 Å². The van der Waals surface area contributed by atoms with Gasteiger partial charge in [-0.2, -0.15) is 11.8 Å². The Hall–Kier alpha value is -0.970. The molecule has 0 amide bonds. The maximum Gasteiger partial charge on any atom is 0.137 e. The summed E-state index contributed by atoms with van der Waals surface area (Å²) < 4.78 is 0. The van der Waals surface area contributed by atoms with Gasteiger partial charge < -0.3 is 10.2 Å². The fourth-order valence-corrected chi connectivity index (χ4v) is 2.67. The zero-order valence-corrected chi connectivity index (χ0v) is 13.7. The Morgan fingerprint density at radius 3 is 2.53 bits per heavy atom. The Morgan fingerprint density at radius 1 is 1.32 bits per heavy atom. The number of hydrogen-bond donors (Lipinski definition) is 1. The average Bonchev–Trinajstić information content (AvgIpc) is 2.42. The molecule has 1 aromatic heterocycles. The lowest BCUT2D eigenvalue weighted by Gasteiger charge is -2.29. The van der Waals surface area contributed by atoms with Gasteiger partial charge in [0.15, 0.2) is 0 Å². The van der Waals surface area contributed by atoms with E-state index in [1.165, 1.54) is 11.3 Å². The van der Waals surface area contributed by atoms with Crippen LogP contribution in [-0.4, -0.2) is 42.1 Å². The van der Waals surface area contributed by atoms with Gasteiger partial charge in [-0.25, -0.2) is 9.97 Å². The molecule has 1 atom stereocenters. The van der Waals surface area contributed by atoms with E-state index in [0.717, 1.165) is 18.1 Å². The summed E-state index contributed by atoms with van der Waals surface area (Å²) in [7, 11) is 4.04. The molecule has 0 radical (unpaired) electrons. The third-order valence-corrected chi connectivity index (χ3v) is 4.06. The molecule has 1 N–H and O–H groups in total. The highest BCUT2D eigenvalue weighted by Gasteiger charge is 2.20. The van der Waals surface area contributed by atoms with E-state index < -0.39 is 0 Å². The van der Waals surface area contributed by atoms with Crippen LogP contribution in [0.25, 0.3) is 0 Å². The van der Waals surface area contributed by atoms with Crippen molar-refractivity contribution in [1.29, 1.82) is 0 Å². The van der Waals surface area contributed by atoms with E-state index in [2.05, 4.69) is 54.3 Å². The molecule has 0 fully saturated rings. The van der Waals surface area contributed by atoms with Gasteiger partial charge in [0.05, 0.1) is 0 Å². The fraction of sp³-hybridized carbons (Fsp3) is 0.714. The molecule has 1 heterocycles. The minimum Gasteiger partial charge on any atom is -0.373 e. The summed E-state index contributed by atoms with van der Waals surface area (Å²) in [6, 6.07) is 0.476. The number of rotatable bonds is 7. The van der Waals surface area contributed by atoms with Gasteiger partial charge in [0.25, 0.3) is 0 Å². The first-order valence-corrected chi connectivity index (χ1v) is 8.16. The number of anilines is 2. The molecule has 5 heteroatoms. The topological polar surface area (TPSA) is 41.1 Å². The van der Waals surface area contributed by atoms with Crippen molar-refractivity contribution in [1.82, 2.24) is 9.97 Å². The molecule has 0 spiro atoms. The Labute approximate surface area is 121 Å². The van der Waals surface area contributed by atoms with Crippen LogP contribution >= 0.6 is 11.8 Å². The molecule has 1 rings (SSSR count). The van der Waals surface area contributed by atoms with Gasteiger partial charge in [-0.3, -0.25) is 0 Å². The first-order chi connectivity index (χ1) is 9.02. The van der Waals surface area contributed by atoms with Crippen molar-refractivity contribution in [3.63, 3.8) is 0 Å². The molecule has 0 saturated carbocycles. The molecule has 1 aromatic rings. The van der Waals surface area contributed by atoms with E-state index in [-0.39, 0.29) is 0 Å². The van der Waals surface area contributed by atoms with Crippen molar-refractivity contribution in [2.45, 2.75) is 39.2 Å². The van der Waals surface area contributed by atoms with E-state index in [0.29, 0.717) is 12.0 Å². The number of nitrogens with zero attached hydrogens (tertiary/aromatic N) is 3. The normalized spacial score (nSPS) is 12.6. The number of thioether (sulfide) groups is 1. The van der Waals surface area contributed by atoms with Crippen LogP contribution in [0.15, 0.2) is 6.33 Å². The number of aromatic nitrogens is 2. The molecule has 19 heavy (non-hydrogen) atoms. The first-order valence-electron chi connectivity index (χ1n) is 6.77. The van der Waals surface area contributed by atoms with Crippen molar-refractivity contribution >= 4 is 23.4 Å². The predicted molar refractivity (Wildman–Crippen MR) is 86.5 cm³/mol. The molecule has 0 aromatic carbocycles. The summed E-state index contributed by atoms with van der Waals surface area (Å²) in [6.07, 6.45) is 4.95. The second-order valence-corrected chi connectivity index (χ2v) is 6.09. The lowest BCUT2D eigenvalue weighted by Crippen LogP contribution is -2.31. The molecule has 108 valence electrons. The molecule has 0 aliphatic rings. The standard InChI is InChI=1S/C14H26N4S/c1-10(2)12-13(15-4)16-9-17-14(12)18(5)11(3)7-8-19-6/h9-11H,7-8H2,1-6H3,(H,15,16,17). The summed E-state index contributed by atoms with van der Waals surface area (Å²) in [5, 5.41) is 3.17. The molecule has 4 nitrogen and oxygen atoms in total. The van der Waals surface area contributed by atoms with Crippen LogP contribution in [0.4, 0.5) is 11.6 Å². The van der Waals surface area contributed by atoms with E-state index in [9.17, 15) is 0 Å². The highest BCUT2D eigenvalue weighted by atomic mass is 32.2. The summed E-state index contributed by atoms with van der Waals surface area (Å²) in [6.45, 7) is 6.62. The number of hydrogen-bond acceptors (Lipinski definition) is 5. The third kappa shape index (κ3) is 4.00. The van der Waals surface area contributed by atoms with Gasteiger partial charge in [-0.05, 0) is 31.3 Å². The van der Waals surface area contributed by atoms with Crippen molar-refractivity contribution in [3.8, 4) is 0 Å². The Balaban J connectivity index is 3.04. The highest BCUT2D eigenvalue weighted by Crippen LogP contribution is 2.31. The Morgan fingerprint density at radius 2 is 2.00 bits per heavy atom. The van der Waals surface area contributed by atoms with E-state index in [4.69, 9.17) is 0 Å². The van der Waals surface area contributed by atoms with Gasteiger partial charge in [-0.1, -0.05) is 13.8 Å². The van der Waals surface area contributed by atoms with Gasteiger partial charge in [-0.15, -0.1) is 0 Å². The Bertz CT molecular complexity index is 395. The van der Waals surface area contributed by atoms with Crippen LogP contribution in [-0.2, 0) is 0 Å². The molecule has 1 unspecified atom stereocenters. The fourth-order valence-electron chi connectivity index (χ4n) is 2.09. The minimum atomic E-state index is 0.397. The highest BCUT2D eigenvalue weighted by molar-refractivity contribution is 7.98. The van der Waals surface area contributed by atoms with Crippen molar-refractivity contribution < 1.29 is 0 Å². The third-order valence-electron chi connectivity index (χ3n) is 3.41. The van der Waals surface area contributed by atoms with Crippen LogP contribution in [0.3, 0.4) is 0 Å². The summed E-state index contributed by atoms with van der Waals surface area (Å²) in [5.41, 5.74) is 1.20. The quantitative estimate of drug-likeness (QED) is 0.831. The van der Waals surface area contributed by atoms with E-state index >= 15 is 0 Å². The minimum absolute atomic E-state index is 0.397. The second kappa shape index (κ2) is 7.58. The van der Waals surface area contributed by atoms with Gasteiger partial charge in [0, 0.05) is 25.7 Å². The molecular formula is C14H26N4S. The number of nitrogens with one attached hydrogen (secondary N) is 1. The molecular weight excluding hydrogens is 256 g/mol. The van der Waals surface area contributed by atoms with Gasteiger partial charge >= 0.3 is 0 Å². The van der Waals surface area contributed by atoms with Crippen LogP contribution < -0.4 is 10.2 Å². The maximum absolute atomic E-state index is 4.51. The summed E-state index contributed by atoms with van der Waals surface area (Å²) in [4.78, 5) is 11.1. The zero-order chi connectivity index (χ0) is 14.4. The SMILES string of the molecule is CNc1ncnc(N(C)C(C)CCSC)c1C(C)C. The van der Waals surface area contributed by atoms with Crippen LogP contribution in [0.5, 0.6) is 0 Å². The Kier molecular flexibility index (Phi) is 6.42. The lowest BCUT2D eigenvalue weighted by molar-refractivity contribution is 0.654. The monoisotopic (exact) mass is 282 g/mol. The maximum atomic E-state index is 4.51. The molecule has 0 saturated heterocycles. The van der Waals surface area contributed by atoms with E-state index in [1.807, 2.05) is 18.8 Å². The van der Waals surface area contributed by atoms with E-state index in [1.54, 1.807) is 6.33 Å². The second-order valence-electron chi connectivity index (χ2n) is 5.11. The molecule has 0 aliphatic carbocycles. The van der Waals surface area contributed by atoms with Crippen molar-refractivity contribution in [2.24, 2.45) is 0 Å². The smallest absolute Gasteiger partial charge is 0.137 e. The molecule has 0 bridgehead atoms. The first kappa shape index (κ1) is 16.1. The molecule has 0 aliphatic heterocycles. The predicted octanol–water partition coefficient (Wildman–Crippen LogP) is 3.22. The van der Waals surface area contributed by atoms with Crippen molar-refractivity contribution in [3.05, 3.63) is 11.9 Å². The van der Waals surface area contributed by atoms with Crippen LogP contribution in [0, 0.1) is 0 Å². The van der Waals surface area contributed by atoms with Crippen LogP contribution in [0.1, 0.15) is 38.7 Å². The van der Waals surface area contributed by atoms with Crippen molar-refractivity contribution in [2.75, 3.05) is 36.3 Å². The lowest BCUT2D eigenvalue weighted by atomic mass is 10.0. The summed E-state index contributed by atoms with van der Waals surface area (Å²) in [5.74, 6) is 3.55.